The number of furan rings is 1. The number of amides is 2. The zero-order valence-corrected chi connectivity index (χ0v) is 18.3. The van der Waals surface area contributed by atoms with Gasteiger partial charge in [-0.25, -0.2) is 0 Å². The zero-order chi connectivity index (χ0) is 22.1. The molecule has 0 bridgehead atoms. The van der Waals surface area contributed by atoms with E-state index in [0.717, 1.165) is 56.2 Å². The van der Waals surface area contributed by atoms with Crippen molar-refractivity contribution in [3.63, 3.8) is 0 Å². The molecule has 168 valence electrons. The average Bonchev–Trinajstić information content (AvgIpc) is 3.34. The number of unbranched alkanes of at least 4 members (excludes halogenated alkanes) is 1. The summed E-state index contributed by atoms with van der Waals surface area (Å²) in [4.78, 5) is 28.8. The van der Waals surface area contributed by atoms with Crippen LogP contribution in [0.3, 0.4) is 0 Å². The highest BCUT2D eigenvalue weighted by atomic mass is 16.5. The highest BCUT2D eigenvalue weighted by Gasteiger charge is 2.28. The zero-order valence-electron chi connectivity index (χ0n) is 18.3. The van der Waals surface area contributed by atoms with Crippen molar-refractivity contribution >= 4 is 17.5 Å². The number of nitrogens with one attached hydrogen (secondary N) is 2. The Labute approximate surface area is 183 Å². The van der Waals surface area contributed by atoms with Gasteiger partial charge in [0.2, 0.25) is 0 Å². The smallest absolute Gasteiger partial charge is 0.309 e. The summed E-state index contributed by atoms with van der Waals surface area (Å²) in [6, 6.07) is 11.7. The maximum absolute atomic E-state index is 12.2. The molecular formula is C23H32N4O4. The van der Waals surface area contributed by atoms with Crippen LogP contribution in [-0.4, -0.2) is 63.1 Å². The van der Waals surface area contributed by atoms with Crippen LogP contribution in [0.2, 0.25) is 0 Å². The third-order valence-electron chi connectivity index (χ3n) is 5.54. The molecule has 0 spiro atoms. The van der Waals surface area contributed by atoms with Crippen LogP contribution in [0.5, 0.6) is 5.75 Å². The fourth-order valence-corrected chi connectivity index (χ4v) is 3.70. The molecule has 0 radical (unpaired) electrons. The first-order valence-electron chi connectivity index (χ1n) is 10.8. The van der Waals surface area contributed by atoms with Gasteiger partial charge >= 0.3 is 11.8 Å². The van der Waals surface area contributed by atoms with Crippen molar-refractivity contribution in [2.75, 3.05) is 51.3 Å². The number of benzene rings is 1. The van der Waals surface area contributed by atoms with Gasteiger partial charge in [-0.2, -0.15) is 0 Å². The van der Waals surface area contributed by atoms with E-state index in [4.69, 9.17) is 9.15 Å². The van der Waals surface area contributed by atoms with Gasteiger partial charge in [0, 0.05) is 45.0 Å². The summed E-state index contributed by atoms with van der Waals surface area (Å²) in [5.74, 6) is 0.430. The number of rotatable bonds is 9. The average molecular weight is 429 g/mol. The van der Waals surface area contributed by atoms with E-state index < -0.39 is 11.8 Å². The van der Waals surface area contributed by atoms with Crippen molar-refractivity contribution in [2.24, 2.45) is 0 Å². The molecule has 1 fully saturated rings. The van der Waals surface area contributed by atoms with Gasteiger partial charge in [-0.05, 0) is 42.8 Å². The first-order valence-corrected chi connectivity index (χ1v) is 10.8. The SMILES string of the molecule is CCCCNC(=O)C(=O)NCC(c1ccco1)N1CCN(c2ccc(OC)cc2)CC1. The fraction of sp³-hybridized carbons (Fsp3) is 0.478. The Morgan fingerprint density at radius 3 is 2.39 bits per heavy atom. The summed E-state index contributed by atoms with van der Waals surface area (Å²) in [7, 11) is 1.66. The highest BCUT2D eigenvalue weighted by molar-refractivity contribution is 6.35. The lowest BCUT2D eigenvalue weighted by molar-refractivity contribution is -0.139. The minimum atomic E-state index is -0.607. The number of piperazine rings is 1. The van der Waals surface area contributed by atoms with Crippen molar-refractivity contribution in [2.45, 2.75) is 25.8 Å². The van der Waals surface area contributed by atoms with Crippen molar-refractivity contribution < 1.29 is 18.7 Å². The van der Waals surface area contributed by atoms with Crippen LogP contribution in [-0.2, 0) is 9.59 Å². The minimum absolute atomic E-state index is 0.125. The Morgan fingerprint density at radius 2 is 1.77 bits per heavy atom. The van der Waals surface area contributed by atoms with Crippen molar-refractivity contribution in [3.8, 4) is 5.75 Å². The molecule has 1 saturated heterocycles. The number of hydrogen-bond acceptors (Lipinski definition) is 6. The third-order valence-corrected chi connectivity index (χ3v) is 5.54. The minimum Gasteiger partial charge on any atom is -0.497 e. The van der Waals surface area contributed by atoms with Gasteiger partial charge in [-0.15, -0.1) is 0 Å². The first-order chi connectivity index (χ1) is 15.1. The molecule has 2 N–H and O–H groups in total. The van der Waals surface area contributed by atoms with Crippen LogP contribution in [0.4, 0.5) is 5.69 Å². The van der Waals surface area contributed by atoms with Crippen LogP contribution >= 0.6 is 0 Å². The summed E-state index contributed by atoms with van der Waals surface area (Å²) in [6.45, 7) is 6.21. The van der Waals surface area contributed by atoms with Crippen LogP contribution in [0.25, 0.3) is 0 Å². The van der Waals surface area contributed by atoms with Gasteiger partial charge in [0.1, 0.15) is 11.5 Å². The lowest BCUT2D eigenvalue weighted by Crippen LogP contribution is -2.50. The lowest BCUT2D eigenvalue weighted by atomic mass is 10.1. The molecule has 0 aliphatic carbocycles. The Morgan fingerprint density at radius 1 is 1.06 bits per heavy atom. The summed E-state index contributed by atoms with van der Waals surface area (Å²) in [5.41, 5.74) is 1.16. The van der Waals surface area contributed by atoms with Crippen molar-refractivity contribution in [1.29, 1.82) is 0 Å². The van der Waals surface area contributed by atoms with Crippen LogP contribution in [0, 0.1) is 0 Å². The van der Waals surface area contributed by atoms with Gasteiger partial charge in [-0.1, -0.05) is 13.3 Å². The molecule has 1 aliphatic heterocycles. The molecule has 2 aromatic rings. The standard InChI is InChI=1S/C23H32N4O4/c1-3-4-11-24-22(28)23(29)25-17-20(21-6-5-16-31-21)27-14-12-26(13-15-27)18-7-9-19(30-2)10-8-18/h5-10,16,20H,3-4,11-15,17H2,1-2H3,(H,24,28)(H,25,29). The molecule has 1 unspecified atom stereocenters. The van der Waals surface area contributed by atoms with E-state index in [9.17, 15) is 9.59 Å². The molecule has 2 amide bonds. The van der Waals surface area contributed by atoms with Crippen LogP contribution in [0.15, 0.2) is 47.1 Å². The summed E-state index contributed by atoms with van der Waals surface area (Å²) < 4.78 is 10.9. The van der Waals surface area contributed by atoms with E-state index in [0.29, 0.717) is 13.1 Å². The molecule has 1 aliphatic rings. The Balaban J connectivity index is 1.56. The fourth-order valence-electron chi connectivity index (χ4n) is 3.70. The molecule has 0 saturated carbocycles. The van der Waals surface area contributed by atoms with Crippen LogP contribution < -0.4 is 20.3 Å². The van der Waals surface area contributed by atoms with Gasteiger partial charge in [-0.3, -0.25) is 14.5 Å². The van der Waals surface area contributed by atoms with E-state index in [1.165, 1.54) is 0 Å². The molecular weight excluding hydrogens is 396 g/mol. The highest BCUT2D eigenvalue weighted by Crippen LogP contribution is 2.25. The van der Waals surface area contributed by atoms with E-state index in [1.54, 1.807) is 13.4 Å². The number of anilines is 1. The van der Waals surface area contributed by atoms with E-state index >= 15 is 0 Å². The third kappa shape index (κ3) is 6.24. The molecule has 8 heteroatoms. The maximum Gasteiger partial charge on any atom is 0.309 e. The normalized spacial score (nSPS) is 15.4. The second kappa shape index (κ2) is 11.4. The number of ether oxygens (including phenoxy) is 1. The van der Waals surface area contributed by atoms with Crippen molar-refractivity contribution in [3.05, 3.63) is 48.4 Å². The van der Waals surface area contributed by atoms with E-state index in [2.05, 4.69) is 32.6 Å². The quantitative estimate of drug-likeness (QED) is 0.470. The van der Waals surface area contributed by atoms with Crippen LogP contribution in [0.1, 0.15) is 31.6 Å². The second-order valence-corrected chi connectivity index (χ2v) is 7.57. The monoisotopic (exact) mass is 428 g/mol. The van der Waals surface area contributed by atoms with Gasteiger partial charge < -0.3 is 24.7 Å². The molecule has 1 atom stereocenters. The number of hydrogen-bond donors (Lipinski definition) is 2. The molecule has 3 rings (SSSR count). The summed E-state index contributed by atoms with van der Waals surface area (Å²) in [5, 5.41) is 5.42. The molecule has 31 heavy (non-hydrogen) atoms. The predicted octanol–water partition coefficient (Wildman–Crippen LogP) is 2.18. The Kier molecular flexibility index (Phi) is 8.35. The Bertz CT molecular complexity index is 815. The molecule has 1 aromatic carbocycles. The molecule has 8 nitrogen and oxygen atoms in total. The summed E-state index contributed by atoms with van der Waals surface area (Å²) in [6.07, 6.45) is 3.45. The lowest BCUT2D eigenvalue weighted by Gasteiger charge is -2.39. The van der Waals surface area contributed by atoms with E-state index in [1.807, 2.05) is 31.2 Å². The Hall–Kier alpha value is -3.00. The van der Waals surface area contributed by atoms with E-state index in [-0.39, 0.29) is 6.04 Å². The number of methoxy groups -OCH3 is 1. The van der Waals surface area contributed by atoms with Crippen molar-refractivity contribution in [1.82, 2.24) is 15.5 Å². The van der Waals surface area contributed by atoms with Gasteiger partial charge in [0.25, 0.3) is 0 Å². The molecule has 1 aromatic heterocycles. The maximum atomic E-state index is 12.2. The van der Waals surface area contributed by atoms with Gasteiger partial charge in [0.15, 0.2) is 0 Å². The summed E-state index contributed by atoms with van der Waals surface area (Å²) >= 11 is 0. The number of nitrogens with zero attached hydrogens (tertiary/aromatic N) is 2. The topological polar surface area (TPSA) is 87.0 Å². The molecule has 2 heterocycles. The van der Waals surface area contributed by atoms with Gasteiger partial charge in [0.05, 0.1) is 19.4 Å². The second-order valence-electron chi connectivity index (χ2n) is 7.57. The predicted molar refractivity (Wildman–Crippen MR) is 119 cm³/mol. The number of carbonyl (C=O) groups excluding carboxylic acids is 2. The first kappa shape index (κ1) is 22.7. The number of carbonyl (C=O) groups is 2. The largest absolute Gasteiger partial charge is 0.497 e.